The van der Waals surface area contributed by atoms with Gasteiger partial charge in [0, 0.05) is 43.4 Å². The fourth-order valence-corrected chi connectivity index (χ4v) is 6.36. The number of halogens is 2. The minimum Gasteiger partial charge on any atom is -0.363 e. The highest BCUT2D eigenvalue weighted by Gasteiger charge is 2.55. The third kappa shape index (κ3) is 4.19. The lowest BCUT2D eigenvalue weighted by atomic mass is 9.72. The van der Waals surface area contributed by atoms with E-state index in [0.29, 0.717) is 55.3 Å². The van der Waals surface area contributed by atoms with Crippen molar-refractivity contribution in [3.05, 3.63) is 75.2 Å². The van der Waals surface area contributed by atoms with Crippen LogP contribution in [0.2, 0.25) is 5.02 Å². The maximum atomic E-state index is 14.9. The molecule has 1 amide bonds. The molecule has 0 radical (unpaired) electrons. The van der Waals surface area contributed by atoms with Crippen molar-refractivity contribution in [1.29, 1.82) is 0 Å². The molecule has 7 rings (SSSR count). The number of carbonyl (C=O) groups is 1. The van der Waals surface area contributed by atoms with E-state index in [1.165, 1.54) is 10.6 Å². The van der Waals surface area contributed by atoms with Crippen LogP contribution in [-0.2, 0) is 9.53 Å². The van der Waals surface area contributed by atoms with Gasteiger partial charge in [-0.2, -0.15) is 4.98 Å². The maximum Gasteiger partial charge on any atom is 0.355 e. The van der Waals surface area contributed by atoms with Crippen molar-refractivity contribution < 1.29 is 13.9 Å². The highest BCUT2D eigenvalue weighted by Crippen LogP contribution is 2.44. The van der Waals surface area contributed by atoms with Gasteiger partial charge in [-0.15, -0.1) is 0 Å². The van der Waals surface area contributed by atoms with Gasteiger partial charge in [-0.05, 0) is 42.7 Å². The van der Waals surface area contributed by atoms with Gasteiger partial charge in [-0.25, -0.2) is 18.7 Å². The summed E-state index contributed by atoms with van der Waals surface area (Å²) in [5, 5.41) is 0.837. The topological polar surface area (TPSA) is 96.8 Å². The summed E-state index contributed by atoms with van der Waals surface area (Å²) in [6, 6.07) is 9.85. The zero-order valence-corrected chi connectivity index (χ0v) is 23.7. The molecule has 0 bridgehead atoms. The Bertz CT molecular complexity index is 1790. The Morgan fingerprint density at radius 2 is 1.88 bits per heavy atom. The van der Waals surface area contributed by atoms with Crippen LogP contribution in [0.15, 0.2) is 47.4 Å². The second-order valence-corrected chi connectivity index (χ2v) is 12.0. The van der Waals surface area contributed by atoms with Gasteiger partial charge in [0.25, 0.3) is 5.91 Å². The van der Waals surface area contributed by atoms with Gasteiger partial charge in [-0.1, -0.05) is 37.6 Å². The molecule has 11 heteroatoms. The molecule has 0 aliphatic carbocycles. The quantitative estimate of drug-likeness (QED) is 0.331. The average molecular weight is 575 g/mol. The Kier molecular flexibility index (Phi) is 5.92. The van der Waals surface area contributed by atoms with E-state index < -0.39 is 11.5 Å². The Morgan fingerprint density at radius 3 is 2.56 bits per heavy atom. The Labute approximate surface area is 240 Å². The molecule has 210 valence electrons. The van der Waals surface area contributed by atoms with Crippen molar-refractivity contribution in [2.45, 2.75) is 32.8 Å². The molecule has 9 nitrogen and oxygen atoms in total. The van der Waals surface area contributed by atoms with Crippen LogP contribution in [0, 0.1) is 18.2 Å². The number of hydrogen-bond donors (Lipinski definition) is 0. The van der Waals surface area contributed by atoms with Gasteiger partial charge in [0.05, 0.1) is 34.1 Å². The van der Waals surface area contributed by atoms with Crippen LogP contribution in [0.1, 0.15) is 31.0 Å². The van der Waals surface area contributed by atoms with Crippen molar-refractivity contribution >= 4 is 34.4 Å². The van der Waals surface area contributed by atoms with Crippen LogP contribution in [0.5, 0.6) is 0 Å². The van der Waals surface area contributed by atoms with Gasteiger partial charge in [0.2, 0.25) is 0 Å². The van der Waals surface area contributed by atoms with Gasteiger partial charge in [-0.3, -0.25) is 9.78 Å². The molecule has 0 N–H and O–H groups in total. The minimum absolute atomic E-state index is 0.0189. The van der Waals surface area contributed by atoms with E-state index in [0.717, 1.165) is 11.3 Å². The second kappa shape index (κ2) is 9.32. The molecule has 1 spiro atoms. The van der Waals surface area contributed by atoms with Crippen LogP contribution in [0.25, 0.3) is 28.0 Å². The predicted molar refractivity (Wildman–Crippen MR) is 153 cm³/mol. The lowest BCUT2D eigenvalue weighted by molar-refractivity contribution is -0.146. The number of anilines is 1. The van der Waals surface area contributed by atoms with Crippen LogP contribution >= 0.6 is 11.6 Å². The van der Waals surface area contributed by atoms with Crippen LogP contribution < -0.4 is 10.6 Å². The summed E-state index contributed by atoms with van der Waals surface area (Å²) in [4.78, 5) is 44.1. The molecular formula is C30H28ClFN6O3. The lowest BCUT2D eigenvalue weighted by Crippen LogP contribution is -2.73. The first-order valence-electron chi connectivity index (χ1n) is 13.7. The van der Waals surface area contributed by atoms with E-state index in [9.17, 15) is 14.0 Å². The summed E-state index contributed by atoms with van der Waals surface area (Å²) in [7, 11) is 0. The average Bonchev–Trinajstić information content (AvgIpc) is 3.73. The standard InChI is InChI=1S/C30H28ClFN6O3/c1-16(2)23-25(17(3)8-9-33-23)38-27-19(10-20(31)24(34-27)18-6-4-5-7-21(18)32)26(35-29(38)40)36-12-30(13-36)14-37(15-30)28(39)22-11-41-22/h4-10,16,22H,11-15H2,1-3H3. The number of rotatable bonds is 5. The number of epoxide rings is 1. The Morgan fingerprint density at radius 1 is 1.15 bits per heavy atom. The van der Waals surface area contributed by atoms with Gasteiger partial charge in [0.1, 0.15) is 11.6 Å². The number of likely N-dealkylation sites (tertiary alicyclic amines) is 1. The van der Waals surface area contributed by atoms with Gasteiger partial charge in [0.15, 0.2) is 11.8 Å². The molecule has 1 unspecified atom stereocenters. The third-order valence-electron chi connectivity index (χ3n) is 8.18. The van der Waals surface area contributed by atoms with Crippen molar-refractivity contribution in [1.82, 2.24) is 24.4 Å². The lowest BCUT2D eigenvalue weighted by Gasteiger charge is -2.60. The van der Waals surface area contributed by atoms with E-state index in [1.807, 2.05) is 36.6 Å². The first-order valence-corrected chi connectivity index (χ1v) is 14.0. The maximum absolute atomic E-state index is 14.9. The minimum atomic E-state index is -0.503. The van der Waals surface area contributed by atoms with E-state index in [2.05, 4.69) is 9.97 Å². The van der Waals surface area contributed by atoms with Crippen molar-refractivity contribution in [3.63, 3.8) is 0 Å². The second-order valence-electron chi connectivity index (χ2n) is 11.6. The van der Waals surface area contributed by atoms with Crippen molar-refractivity contribution in [2.75, 3.05) is 37.7 Å². The number of hydrogen-bond acceptors (Lipinski definition) is 7. The highest BCUT2D eigenvalue weighted by molar-refractivity contribution is 6.33. The Balaban J connectivity index is 1.37. The van der Waals surface area contributed by atoms with Crippen LogP contribution in [-0.4, -0.2) is 69.2 Å². The molecule has 3 aromatic heterocycles. The molecule has 0 saturated carbocycles. The highest BCUT2D eigenvalue weighted by atomic mass is 35.5. The molecule has 3 fully saturated rings. The fourth-order valence-electron chi connectivity index (χ4n) is 6.10. The molecule has 3 aliphatic rings. The zero-order chi connectivity index (χ0) is 28.6. The number of benzene rings is 1. The number of aromatic nitrogens is 4. The largest absolute Gasteiger partial charge is 0.363 e. The summed E-state index contributed by atoms with van der Waals surface area (Å²) >= 11 is 6.75. The number of aryl methyl sites for hydroxylation is 1. The third-order valence-corrected chi connectivity index (χ3v) is 8.47. The Hall–Kier alpha value is -3.89. The molecule has 3 saturated heterocycles. The van der Waals surface area contributed by atoms with E-state index in [1.54, 1.807) is 30.5 Å². The summed E-state index contributed by atoms with van der Waals surface area (Å²) in [5.74, 6) is 0.0784. The molecular weight excluding hydrogens is 547 g/mol. The summed E-state index contributed by atoms with van der Waals surface area (Å²) in [6.45, 7) is 9.03. The zero-order valence-electron chi connectivity index (χ0n) is 22.9. The predicted octanol–water partition coefficient (Wildman–Crippen LogP) is 4.11. The van der Waals surface area contributed by atoms with Crippen LogP contribution in [0.3, 0.4) is 0 Å². The fraction of sp³-hybridized carbons (Fsp3) is 0.367. The number of ether oxygens (including phenoxy) is 1. The van der Waals surface area contributed by atoms with Crippen molar-refractivity contribution in [2.24, 2.45) is 5.41 Å². The normalized spacial score (nSPS) is 19.0. The first-order chi connectivity index (χ1) is 19.7. The van der Waals surface area contributed by atoms with E-state index >= 15 is 0 Å². The first kappa shape index (κ1) is 26.0. The number of pyridine rings is 2. The summed E-state index contributed by atoms with van der Waals surface area (Å²) in [5.41, 5.74) is 2.46. The molecule has 1 atom stereocenters. The van der Waals surface area contributed by atoms with E-state index in [4.69, 9.17) is 21.3 Å². The van der Waals surface area contributed by atoms with Gasteiger partial charge >= 0.3 is 5.69 Å². The number of amides is 1. The summed E-state index contributed by atoms with van der Waals surface area (Å²) < 4.78 is 21.5. The number of carbonyl (C=O) groups excluding carboxylic acids is 1. The molecule has 3 aliphatic heterocycles. The number of fused-ring (bicyclic) bond motifs is 1. The summed E-state index contributed by atoms with van der Waals surface area (Å²) in [6.07, 6.45) is 1.44. The van der Waals surface area contributed by atoms with Crippen LogP contribution in [0.4, 0.5) is 10.2 Å². The van der Waals surface area contributed by atoms with E-state index in [-0.39, 0.29) is 39.6 Å². The monoisotopic (exact) mass is 574 g/mol. The van der Waals surface area contributed by atoms with Gasteiger partial charge < -0.3 is 14.5 Å². The molecule has 6 heterocycles. The molecule has 41 heavy (non-hydrogen) atoms. The number of nitrogens with zero attached hydrogens (tertiary/aromatic N) is 6. The molecule has 4 aromatic rings. The smallest absolute Gasteiger partial charge is 0.355 e. The SMILES string of the molecule is Cc1ccnc(C(C)C)c1-n1c(=O)nc(N2CC3(CN(C(=O)C4CO4)C3)C2)c2cc(Cl)c(-c3ccccc3F)nc21. The van der Waals surface area contributed by atoms with Crippen molar-refractivity contribution in [3.8, 4) is 16.9 Å². The molecule has 1 aromatic carbocycles.